The van der Waals surface area contributed by atoms with Gasteiger partial charge >= 0.3 is 0 Å². The fraction of sp³-hybridized carbons (Fsp3) is 0.576. The zero-order chi connectivity index (χ0) is 30.6. The Kier molecular flexibility index (Phi) is 14.5. The summed E-state index contributed by atoms with van der Waals surface area (Å²) >= 11 is 4.47. The second-order valence-electron chi connectivity index (χ2n) is 11.5. The highest BCUT2D eigenvalue weighted by Crippen LogP contribution is 2.54. The number of aliphatic hydroxyl groups is 1. The molecule has 7 nitrogen and oxygen atoms in total. The topological polar surface area (TPSA) is 110 Å². The summed E-state index contributed by atoms with van der Waals surface area (Å²) in [5, 5.41) is 25.3. The lowest BCUT2D eigenvalue weighted by atomic mass is 9.96. The van der Waals surface area contributed by atoms with E-state index >= 15 is 0 Å². The zero-order valence-electron chi connectivity index (χ0n) is 26.3. The summed E-state index contributed by atoms with van der Waals surface area (Å²) in [4.78, 5) is 7.25. The third kappa shape index (κ3) is 10.5. The van der Waals surface area contributed by atoms with Gasteiger partial charge in [-0.1, -0.05) is 59.2 Å². The monoisotopic (exact) mass is 586 g/mol. The minimum Gasteiger partial charge on any atom is -0.402 e. The summed E-state index contributed by atoms with van der Waals surface area (Å²) < 4.78 is 0. The molecule has 0 radical (unpaired) electrons. The molecule has 0 saturated heterocycles. The van der Waals surface area contributed by atoms with Crippen LogP contribution in [0.2, 0.25) is 0 Å². The first kappa shape index (κ1) is 35.0. The van der Waals surface area contributed by atoms with Crippen LogP contribution in [0.1, 0.15) is 86.9 Å². The van der Waals surface area contributed by atoms with Crippen LogP contribution >= 0.6 is 12.6 Å². The predicted molar refractivity (Wildman–Crippen MR) is 180 cm³/mol. The van der Waals surface area contributed by atoms with E-state index in [9.17, 15) is 5.11 Å². The standard InChI is InChI=1S/C18H29N5O.C11H14S.C4H11N.2H2/c1-4-5-12(2)22-18(24)23-9-7-16(19)15(11-23)17(20)14-6-8-21-13(3)10-14;1-8-7-11(8,2)9-5-3-4-6-10(9)12;1-3-5-4-2;;/h6,8,10,12,18,20,22,24H,4-5,7,9,11,19H2,1-3H3;3-6,8,12H,7H2,1-2H3;5H,3-4H2,1-2H3;2*1H. The van der Waals surface area contributed by atoms with E-state index < -0.39 is 6.35 Å². The maximum absolute atomic E-state index is 10.4. The molecule has 8 heteroatoms. The maximum Gasteiger partial charge on any atom is 0.163 e. The van der Waals surface area contributed by atoms with Gasteiger partial charge in [0.1, 0.15) is 0 Å². The first-order valence-corrected chi connectivity index (χ1v) is 15.6. The number of benzene rings is 1. The molecule has 2 aromatic rings. The fourth-order valence-electron chi connectivity index (χ4n) is 5.16. The molecule has 0 spiro atoms. The highest BCUT2D eigenvalue weighted by atomic mass is 32.1. The minimum absolute atomic E-state index is 0. The highest BCUT2D eigenvalue weighted by molar-refractivity contribution is 7.80. The summed E-state index contributed by atoms with van der Waals surface area (Å²) in [7, 11) is 0. The van der Waals surface area contributed by atoms with E-state index in [-0.39, 0.29) is 8.90 Å². The van der Waals surface area contributed by atoms with Crippen molar-refractivity contribution in [3.05, 3.63) is 70.7 Å². The second-order valence-corrected chi connectivity index (χ2v) is 12.0. The van der Waals surface area contributed by atoms with Gasteiger partial charge in [0, 0.05) is 62.0 Å². The molecule has 1 saturated carbocycles. The predicted octanol–water partition coefficient (Wildman–Crippen LogP) is 6.11. The van der Waals surface area contributed by atoms with Crippen LogP contribution < -0.4 is 16.4 Å². The van der Waals surface area contributed by atoms with Gasteiger partial charge in [-0.25, -0.2) is 0 Å². The average molecular weight is 587 g/mol. The molecule has 1 aromatic carbocycles. The van der Waals surface area contributed by atoms with Gasteiger partial charge in [0.05, 0.1) is 5.71 Å². The van der Waals surface area contributed by atoms with Crippen molar-refractivity contribution in [3.63, 3.8) is 0 Å². The number of nitrogens with two attached hydrogens (primary N) is 1. The lowest BCUT2D eigenvalue weighted by Crippen LogP contribution is -2.52. The van der Waals surface area contributed by atoms with Gasteiger partial charge in [0.25, 0.3) is 0 Å². The molecular weight excluding hydrogens is 528 g/mol. The van der Waals surface area contributed by atoms with Gasteiger partial charge in [-0.15, -0.1) is 12.6 Å². The van der Waals surface area contributed by atoms with Gasteiger partial charge in [0.15, 0.2) is 6.35 Å². The Balaban J connectivity index is 0.000000773. The van der Waals surface area contributed by atoms with Crippen molar-refractivity contribution in [2.45, 2.75) is 96.9 Å². The molecule has 4 atom stereocenters. The molecule has 2 aliphatic rings. The van der Waals surface area contributed by atoms with E-state index in [4.69, 9.17) is 11.1 Å². The van der Waals surface area contributed by atoms with Gasteiger partial charge in [-0.05, 0) is 74.9 Å². The Hall–Kier alpha value is -2.23. The molecule has 2 heterocycles. The molecular formula is C33H58N6OS. The number of nitrogens with zero attached hydrogens (tertiary/aromatic N) is 2. The Labute approximate surface area is 257 Å². The van der Waals surface area contributed by atoms with Gasteiger partial charge in [0.2, 0.25) is 0 Å². The summed E-state index contributed by atoms with van der Waals surface area (Å²) in [6, 6.07) is 12.4. The summed E-state index contributed by atoms with van der Waals surface area (Å²) in [5.41, 5.74) is 11.6. The van der Waals surface area contributed by atoms with Gasteiger partial charge < -0.3 is 16.2 Å². The number of aryl methyl sites for hydroxylation is 1. The lowest BCUT2D eigenvalue weighted by molar-refractivity contribution is -0.0258. The SMILES string of the molecule is CC1CC1(C)c1ccccc1S.CCCC(C)NC(O)N1CCC(N)=C(C(=N)c2ccnc(C)c2)C1.CCNCC.[HH].[HH]. The van der Waals surface area contributed by atoms with E-state index in [1.54, 1.807) is 6.20 Å². The third-order valence-corrected chi connectivity index (χ3v) is 8.47. The Morgan fingerprint density at radius 1 is 1.27 bits per heavy atom. The first-order valence-electron chi connectivity index (χ1n) is 15.1. The molecule has 1 aliphatic heterocycles. The van der Waals surface area contributed by atoms with Crippen LogP contribution in [0.4, 0.5) is 0 Å². The number of pyridine rings is 1. The molecule has 41 heavy (non-hydrogen) atoms. The Morgan fingerprint density at radius 2 is 1.93 bits per heavy atom. The van der Waals surface area contributed by atoms with Crippen LogP contribution in [0.15, 0.2) is 58.8 Å². The highest BCUT2D eigenvalue weighted by Gasteiger charge is 2.48. The van der Waals surface area contributed by atoms with E-state index in [1.165, 1.54) is 12.0 Å². The number of thiol groups is 1. The molecule has 6 N–H and O–H groups in total. The average Bonchev–Trinajstić information content (AvgIpc) is 3.56. The number of rotatable bonds is 10. The third-order valence-electron chi connectivity index (χ3n) is 8.08. The van der Waals surface area contributed by atoms with Crippen molar-refractivity contribution in [3.8, 4) is 0 Å². The van der Waals surface area contributed by atoms with Crippen molar-refractivity contribution < 1.29 is 7.96 Å². The number of hydrogen-bond acceptors (Lipinski definition) is 8. The molecule has 4 rings (SSSR count). The fourth-order valence-corrected chi connectivity index (χ4v) is 5.57. The van der Waals surface area contributed by atoms with Crippen molar-refractivity contribution in [1.82, 2.24) is 20.5 Å². The minimum atomic E-state index is -0.721. The summed E-state index contributed by atoms with van der Waals surface area (Å²) in [6.07, 6.45) is 5.04. The molecule has 1 aliphatic carbocycles. The molecule has 1 aromatic heterocycles. The zero-order valence-corrected chi connectivity index (χ0v) is 27.2. The molecule has 1 fully saturated rings. The van der Waals surface area contributed by atoms with Crippen molar-refractivity contribution in [2.24, 2.45) is 11.7 Å². The number of aromatic nitrogens is 1. The Bertz CT molecular complexity index is 1150. The normalized spacial score (nSPS) is 21.6. The van der Waals surface area contributed by atoms with E-state index in [0.717, 1.165) is 59.3 Å². The van der Waals surface area contributed by atoms with Crippen molar-refractivity contribution in [2.75, 3.05) is 26.2 Å². The van der Waals surface area contributed by atoms with Crippen LogP contribution in [0.5, 0.6) is 0 Å². The maximum atomic E-state index is 10.4. The lowest BCUT2D eigenvalue weighted by Gasteiger charge is -2.35. The van der Waals surface area contributed by atoms with Crippen LogP contribution in [0, 0.1) is 18.3 Å². The van der Waals surface area contributed by atoms with E-state index in [1.807, 2.05) is 30.0 Å². The first-order chi connectivity index (χ1) is 19.5. The molecule has 4 unspecified atom stereocenters. The largest absolute Gasteiger partial charge is 0.402 e. The van der Waals surface area contributed by atoms with Crippen molar-refractivity contribution in [1.29, 1.82) is 5.41 Å². The van der Waals surface area contributed by atoms with E-state index in [0.29, 0.717) is 30.6 Å². The summed E-state index contributed by atoms with van der Waals surface area (Å²) in [5.74, 6) is 0.825. The number of hydrogen-bond donors (Lipinski definition) is 6. The smallest absolute Gasteiger partial charge is 0.163 e. The molecule has 0 amide bonds. The van der Waals surface area contributed by atoms with Gasteiger partial charge in [-0.2, -0.15) is 0 Å². The van der Waals surface area contributed by atoms with Gasteiger partial charge in [-0.3, -0.25) is 20.6 Å². The molecule has 0 bridgehead atoms. The van der Waals surface area contributed by atoms with Crippen LogP contribution in [0.25, 0.3) is 0 Å². The van der Waals surface area contributed by atoms with Crippen LogP contribution in [0.3, 0.4) is 0 Å². The van der Waals surface area contributed by atoms with Crippen molar-refractivity contribution >= 4 is 18.3 Å². The molecule has 232 valence electrons. The Morgan fingerprint density at radius 3 is 2.46 bits per heavy atom. The van der Waals surface area contributed by atoms with Crippen LogP contribution in [-0.2, 0) is 5.41 Å². The second kappa shape index (κ2) is 17.0. The number of nitrogens with one attached hydrogen (secondary N) is 3. The quantitative estimate of drug-likeness (QED) is 0.114. The van der Waals surface area contributed by atoms with Crippen LogP contribution in [-0.4, -0.2) is 59.3 Å². The summed E-state index contributed by atoms with van der Waals surface area (Å²) in [6.45, 7) is 18.3. The number of aliphatic hydroxyl groups excluding tert-OH is 1. The van der Waals surface area contributed by atoms with E-state index in [2.05, 4.69) is 88.0 Å².